The van der Waals surface area contributed by atoms with Crippen molar-refractivity contribution >= 4 is 153 Å². The van der Waals surface area contributed by atoms with E-state index in [0.29, 0.717) is 102 Å². The van der Waals surface area contributed by atoms with Crippen molar-refractivity contribution in [2.75, 3.05) is 201 Å². The summed E-state index contributed by atoms with van der Waals surface area (Å²) in [4.78, 5) is 88.2. The number of halogens is 5. The second-order valence-electron chi connectivity index (χ2n) is 29.2. The number of aromatic nitrogens is 6. The van der Waals surface area contributed by atoms with E-state index < -0.39 is 48.4 Å². The molecule has 6 aromatic rings. The zero-order valence-electron chi connectivity index (χ0n) is 67.3. The van der Waals surface area contributed by atoms with Gasteiger partial charge >= 0.3 is 6.18 Å². The van der Waals surface area contributed by atoms with Crippen molar-refractivity contribution in [2.45, 2.75) is 83.6 Å². The molecule has 6 fully saturated rings. The van der Waals surface area contributed by atoms with Crippen LogP contribution in [0.2, 0.25) is 5.02 Å². The average Bonchev–Trinajstić information content (AvgIpc) is 0.794. The van der Waals surface area contributed by atoms with Gasteiger partial charge in [0.25, 0.3) is 0 Å². The average molecular weight is 1720 g/mol. The fourth-order valence-corrected chi connectivity index (χ4v) is 17.8. The Labute approximate surface area is 693 Å². The highest BCUT2D eigenvalue weighted by Gasteiger charge is 2.41. The van der Waals surface area contributed by atoms with Crippen LogP contribution < -0.4 is 65.5 Å². The number of carbonyl (C=O) groups is 4. The molecule has 0 saturated carbocycles. The molecule has 41 heteroatoms. The smallest absolute Gasteiger partial charge is 0.420 e. The van der Waals surface area contributed by atoms with E-state index in [4.69, 9.17) is 30.5 Å². The molecule has 6 aliphatic heterocycles. The predicted molar refractivity (Wildman–Crippen MR) is 454 cm³/mol. The van der Waals surface area contributed by atoms with Crippen molar-refractivity contribution < 1.29 is 68.3 Å². The molecule has 3 aromatic carbocycles. The Morgan fingerprint density at radius 1 is 0.547 bits per heavy atom. The Morgan fingerprint density at radius 2 is 0.940 bits per heavy atom. The molecule has 0 radical (unpaired) electrons. The number of hydrogen-bond acceptors (Lipinski definition) is 28. The second kappa shape index (κ2) is 38.9. The van der Waals surface area contributed by atoms with Crippen molar-refractivity contribution in [3.63, 3.8) is 0 Å². The van der Waals surface area contributed by atoms with Gasteiger partial charge in [-0.1, -0.05) is 54.9 Å². The number of thioether (sulfide) groups is 2. The lowest BCUT2D eigenvalue weighted by molar-refractivity contribution is -0.140. The Hall–Kier alpha value is -9.52. The Balaban J connectivity index is 0.000000185. The van der Waals surface area contributed by atoms with E-state index in [1.165, 1.54) is 48.4 Å². The number of carbonyl (C=O) groups excluding carboxylic acids is 4. The van der Waals surface area contributed by atoms with Crippen LogP contribution in [0.25, 0.3) is 0 Å². The summed E-state index contributed by atoms with van der Waals surface area (Å²) >= 11 is 8.40. The number of likely N-dealkylation sites (tertiary alicyclic amines) is 1. The highest BCUT2D eigenvalue weighted by molar-refractivity contribution is 8.00. The van der Waals surface area contributed by atoms with Gasteiger partial charge < -0.3 is 85.1 Å². The molecule has 12 rings (SSSR count). The van der Waals surface area contributed by atoms with Gasteiger partial charge in [0.2, 0.25) is 57.4 Å². The molecule has 0 aliphatic carbocycles. The van der Waals surface area contributed by atoms with Crippen LogP contribution in [-0.4, -0.2) is 290 Å². The van der Waals surface area contributed by atoms with Gasteiger partial charge in [-0.15, -0.1) is 0 Å². The molecule has 6 N–H and O–H groups in total. The summed E-state index contributed by atoms with van der Waals surface area (Å²) in [6.07, 6.45) is 8.42. The minimum Gasteiger partial charge on any atom is -0.494 e. The van der Waals surface area contributed by atoms with Crippen LogP contribution >= 0.6 is 35.1 Å². The number of anilines is 12. The number of benzene rings is 3. The molecule has 117 heavy (non-hydrogen) atoms. The molecule has 4 amide bonds. The molecule has 1 atom stereocenters. The third-order valence-electron chi connectivity index (χ3n) is 20.3. The number of amides is 4. The van der Waals surface area contributed by atoms with Crippen LogP contribution in [0.3, 0.4) is 0 Å². The molecule has 0 bridgehead atoms. The zero-order valence-corrected chi connectivity index (χ0v) is 71.3. The van der Waals surface area contributed by atoms with Gasteiger partial charge in [0.1, 0.15) is 44.0 Å². The first kappa shape index (κ1) is 89.8. The van der Waals surface area contributed by atoms with E-state index in [2.05, 4.69) is 131 Å². The number of rotatable bonds is 29. The van der Waals surface area contributed by atoms with Gasteiger partial charge in [-0.25, -0.2) is 42.0 Å². The number of sulfonamides is 1. The van der Waals surface area contributed by atoms with Crippen molar-refractivity contribution in [3.8, 4) is 23.1 Å². The molecule has 6 aliphatic rings. The molecule has 634 valence electrons. The Bertz CT molecular complexity index is 4870. The lowest BCUT2D eigenvalue weighted by Gasteiger charge is -2.45. The second-order valence-corrected chi connectivity index (χ2v) is 36.6. The first-order valence-electron chi connectivity index (χ1n) is 37.1. The van der Waals surface area contributed by atoms with E-state index in [1.54, 1.807) is 53.9 Å². The fourth-order valence-electron chi connectivity index (χ4n) is 13.2. The van der Waals surface area contributed by atoms with Crippen LogP contribution in [-0.2, 0) is 45.1 Å². The van der Waals surface area contributed by atoms with Crippen molar-refractivity contribution in [3.05, 3.63) is 109 Å². The lowest BCUT2D eigenvalue weighted by atomic mass is 10.0. The predicted octanol–water partition coefficient (Wildman–Crippen LogP) is 9.07. The van der Waals surface area contributed by atoms with Crippen LogP contribution in [0.5, 0.6) is 23.1 Å². The summed E-state index contributed by atoms with van der Waals surface area (Å²) < 4.78 is 117. The van der Waals surface area contributed by atoms with Crippen molar-refractivity contribution in [1.82, 2.24) is 58.1 Å². The minimum atomic E-state index is -4.71. The van der Waals surface area contributed by atoms with E-state index in [0.717, 1.165) is 112 Å². The number of piperidine rings is 2. The highest BCUT2D eigenvalue weighted by Crippen LogP contribution is 2.46. The third kappa shape index (κ3) is 23.3. The maximum atomic E-state index is 14.5. The van der Waals surface area contributed by atoms with Crippen LogP contribution in [0.1, 0.15) is 38.2 Å². The maximum Gasteiger partial charge on any atom is 0.420 e. The first-order valence-corrected chi connectivity index (χ1v) is 43.2. The summed E-state index contributed by atoms with van der Waals surface area (Å²) in [5.41, 5.74) is 4.44. The minimum absolute atomic E-state index is 0.00401. The van der Waals surface area contributed by atoms with Gasteiger partial charge in [0.05, 0.1) is 91.2 Å². The van der Waals surface area contributed by atoms with Gasteiger partial charge in [0.15, 0.2) is 5.82 Å². The molecule has 32 nitrogen and oxygen atoms in total. The third-order valence-corrected chi connectivity index (χ3v) is 25.5. The van der Waals surface area contributed by atoms with Crippen LogP contribution in [0.4, 0.5) is 86.6 Å². The van der Waals surface area contributed by atoms with Gasteiger partial charge in [-0.05, 0) is 110 Å². The fraction of sp³-hybridized carbons (Fsp3) is 0.461. The van der Waals surface area contributed by atoms with Crippen molar-refractivity contribution in [2.24, 2.45) is 0 Å². The zero-order chi connectivity index (χ0) is 85.1. The number of nitrogens with one attached hydrogen (secondary N) is 6. The van der Waals surface area contributed by atoms with Gasteiger partial charge in [-0.2, -0.15) is 22.5 Å². The van der Waals surface area contributed by atoms with E-state index in [1.807, 2.05) is 40.3 Å². The summed E-state index contributed by atoms with van der Waals surface area (Å²) in [7, 11) is 11.3. The molecule has 1 unspecified atom stereocenters. The monoisotopic (exact) mass is 1720 g/mol. The normalized spacial score (nSPS) is 17.1. The largest absolute Gasteiger partial charge is 0.494 e. The number of methoxy groups -OCH3 is 3. The Morgan fingerprint density at radius 3 is 1.33 bits per heavy atom. The van der Waals surface area contributed by atoms with Gasteiger partial charge in [0, 0.05) is 154 Å². The quantitative estimate of drug-likeness (QED) is 0.0110. The molecule has 9 heterocycles. The number of hydrogen-bond donors (Lipinski definition) is 6. The van der Waals surface area contributed by atoms with Gasteiger partial charge in [-0.3, -0.25) is 23.4 Å². The first-order chi connectivity index (χ1) is 55.3. The van der Waals surface area contributed by atoms with E-state index >= 15 is 0 Å². The van der Waals surface area contributed by atoms with E-state index in [-0.39, 0.29) is 81.0 Å². The topological polar surface area (TPSA) is 335 Å². The SMILES string of the molecule is C=CC(=O)Nc1cc(Nc2ncc(C(F)(F)F)c(SC3CN(S(C)(=O)=O)C3)n2)c(OC)cc1N1CCC(N(C)C)CC1.C=CC(=O)Nc1cc(Nc2ncc(Cl)c(OC3CN(S(=C)(C)=O)C3)n2)c(OC)cc1N1CC(N(C)C)C1.C=CC(=O)Nc1cc(Nc2ncc(F)c(SC3CN(C(C)=O)C3)n2)c(OC)cc1N1CCC(N(C)C)CC1. The summed E-state index contributed by atoms with van der Waals surface area (Å²) in [5.74, 6) is 4.04. The maximum absolute atomic E-state index is 14.5. The molecule has 0 spiro atoms. The number of likely N-dealkylation sites (N-methyl/N-ethyl adjacent to an activating group) is 1. The van der Waals surface area contributed by atoms with Crippen LogP contribution in [0.15, 0.2) is 103 Å². The lowest BCUT2D eigenvalue weighted by Crippen LogP contribution is -2.57. The number of alkyl halides is 3. The summed E-state index contributed by atoms with van der Waals surface area (Å²) in [5, 5.41) is 17.6. The summed E-state index contributed by atoms with van der Waals surface area (Å²) in [6.45, 7) is 19.2. The standard InChI is InChI=1S/C26H34F3N7O4S2.C26H34FN7O3S.C24H32ClN7O4S/c1-6-23(37)31-19-11-20(22(40-4)12-21(19)35-9-7-16(8-10-35)34(2)3)32-25-30-13-18(26(27,28)29)24(33-25)41-17-14-36(15-17)42(5,38)39;1-6-24(36)29-20-11-21(23(37-5)12-22(20)33-9-7-17(8-10-33)32(3)4)30-26-28-13-19(27)25(31-26)38-18-14-34(15-18)16(2)35;1-7-22(33)27-18-8-19(21(35-4)9-20(18)31-11-15(12-31)30(2)3)28-24-26-10-17(25)23(29-24)36-16-13-32(14-16)37(5,6)34/h6,11-13,16-17H,1,7-10,14-15H2,2-5H3,(H,31,37)(H,30,32,33);6,11-13,17-18H,1,7-10,14-15H2,2-5H3,(H,29,36)(H,28,30,31);7-10,15-16H,1,5,11-14H2,2-4,6H3,(H,27,33)(H,26,28,29). The molecule has 6 saturated heterocycles. The molecular formula is C76H100ClF4N21O11S4. The number of nitrogens with zero attached hydrogens (tertiary/aromatic N) is 15. The highest BCUT2D eigenvalue weighted by atomic mass is 35.5. The van der Waals surface area contributed by atoms with Crippen molar-refractivity contribution in [1.29, 1.82) is 0 Å². The Kier molecular flexibility index (Phi) is 29.9. The molecular weight excluding hydrogens is 1620 g/mol. The summed E-state index contributed by atoms with van der Waals surface area (Å²) in [6, 6.07) is 12.0. The van der Waals surface area contributed by atoms with Crippen LogP contribution in [0, 0.1) is 5.82 Å². The van der Waals surface area contributed by atoms with E-state index in [9.17, 15) is 49.4 Å². The number of ether oxygens (including phenoxy) is 4. The molecule has 3 aromatic heterocycles.